The zero-order valence-corrected chi connectivity index (χ0v) is 15.3. The third kappa shape index (κ3) is 3.99. The van der Waals surface area contributed by atoms with Gasteiger partial charge in [0.2, 0.25) is 0 Å². The minimum absolute atomic E-state index is 0.00693. The van der Waals surface area contributed by atoms with E-state index in [1.165, 1.54) is 19.1 Å². The highest BCUT2D eigenvalue weighted by Gasteiger charge is 2.26. The Bertz CT molecular complexity index is 771. The molecule has 2 fully saturated rings. The van der Waals surface area contributed by atoms with Crippen molar-refractivity contribution >= 4 is 11.8 Å². The number of amides is 2. The van der Waals surface area contributed by atoms with Crippen LogP contribution in [0.15, 0.2) is 47.1 Å². The maximum absolute atomic E-state index is 12.7. The van der Waals surface area contributed by atoms with Gasteiger partial charge in [0.1, 0.15) is 5.75 Å². The van der Waals surface area contributed by atoms with E-state index < -0.39 is 0 Å². The summed E-state index contributed by atoms with van der Waals surface area (Å²) in [5.74, 6) is 1.04. The molecule has 27 heavy (non-hydrogen) atoms. The molecular weight excluding hydrogens is 344 g/mol. The van der Waals surface area contributed by atoms with E-state index in [1.54, 1.807) is 21.9 Å². The molecule has 0 N–H and O–H groups in total. The van der Waals surface area contributed by atoms with E-state index in [9.17, 15) is 9.59 Å². The van der Waals surface area contributed by atoms with Crippen LogP contribution in [0.4, 0.5) is 0 Å². The Balaban J connectivity index is 1.31. The second-order valence-electron chi connectivity index (χ2n) is 7.11. The minimum atomic E-state index is -0.125. The van der Waals surface area contributed by atoms with Gasteiger partial charge in [0.15, 0.2) is 5.76 Å². The molecule has 2 aliphatic rings. The number of carbonyl (C=O) groups is 2. The molecule has 0 spiro atoms. The summed E-state index contributed by atoms with van der Waals surface area (Å²) in [6, 6.07) is 10.8. The number of piperazine rings is 1. The molecule has 6 nitrogen and oxygen atoms in total. The predicted octanol–water partition coefficient (Wildman–Crippen LogP) is 3.20. The lowest BCUT2D eigenvalue weighted by Crippen LogP contribution is -2.50. The van der Waals surface area contributed by atoms with Crippen molar-refractivity contribution in [3.05, 3.63) is 54.0 Å². The molecule has 0 unspecified atom stereocenters. The highest BCUT2D eigenvalue weighted by atomic mass is 16.5. The largest absolute Gasteiger partial charge is 0.490 e. The second kappa shape index (κ2) is 7.86. The molecule has 2 heterocycles. The molecule has 1 aromatic carbocycles. The summed E-state index contributed by atoms with van der Waals surface area (Å²) in [6.45, 7) is 2.06. The number of furan rings is 1. The first-order valence-corrected chi connectivity index (χ1v) is 9.59. The monoisotopic (exact) mass is 368 g/mol. The molecule has 1 saturated heterocycles. The van der Waals surface area contributed by atoms with Crippen molar-refractivity contribution in [2.75, 3.05) is 26.2 Å². The van der Waals surface area contributed by atoms with E-state index in [0.717, 1.165) is 18.6 Å². The number of benzene rings is 1. The van der Waals surface area contributed by atoms with Crippen molar-refractivity contribution < 1.29 is 18.7 Å². The van der Waals surface area contributed by atoms with Crippen LogP contribution in [0.5, 0.6) is 5.75 Å². The molecule has 6 heteroatoms. The summed E-state index contributed by atoms with van der Waals surface area (Å²) in [6.07, 6.45) is 6.49. The summed E-state index contributed by atoms with van der Waals surface area (Å²) in [4.78, 5) is 28.5. The van der Waals surface area contributed by atoms with Crippen LogP contribution in [0.1, 0.15) is 46.6 Å². The summed E-state index contributed by atoms with van der Waals surface area (Å²) in [7, 11) is 0. The summed E-state index contributed by atoms with van der Waals surface area (Å²) in [5.41, 5.74) is 0.652. The van der Waals surface area contributed by atoms with Crippen molar-refractivity contribution in [3.63, 3.8) is 0 Å². The molecule has 0 radical (unpaired) electrons. The van der Waals surface area contributed by atoms with Gasteiger partial charge in [0.05, 0.1) is 12.4 Å². The molecule has 142 valence electrons. The summed E-state index contributed by atoms with van der Waals surface area (Å²) in [5, 5.41) is 0. The van der Waals surface area contributed by atoms with Crippen LogP contribution in [0.3, 0.4) is 0 Å². The van der Waals surface area contributed by atoms with Gasteiger partial charge in [-0.3, -0.25) is 9.59 Å². The van der Waals surface area contributed by atoms with Gasteiger partial charge < -0.3 is 19.0 Å². The lowest BCUT2D eigenvalue weighted by atomic mass is 10.1. The molecule has 0 atom stereocenters. The van der Waals surface area contributed by atoms with E-state index in [4.69, 9.17) is 9.15 Å². The van der Waals surface area contributed by atoms with E-state index in [2.05, 4.69) is 0 Å². The molecule has 2 amide bonds. The molecule has 4 rings (SSSR count). The van der Waals surface area contributed by atoms with Gasteiger partial charge in [-0.2, -0.15) is 0 Å². The van der Waals surface area contributed by atoms with Crippen LogP contribution >= 0.6 is 0 Å². The summed E-state index contributed by atoms with van der Waals surface area (Å²) >= 11 is 0. The van der Waals surface area contributed by atoms with Crippen molar-refractivity contribution in [1.29, 1.82) is 0 Å². The third-order valence-electron chi connectivity index (χ3n) is 5.29. The van der Waals surface area contributed by atoms with Crippen LogP contribution in [0, 0.1) is 0 Å². The van der Waals surface area contributed by atoms with E-state index in [0.29, 0.717) is 43.6 Å². The zero-order valence-electron chi connectivity index (χ0n) is 15.3. The Kier molecular flexibility index (Phi) is 5.14. The number of hydrogen-bond donors (Lipinski definition) is 0. The Hall–Kier alpha value is -2.76. The van der Waals surface area contributed by atoms with Gasteiger partial charge in [-0.05, 0) is 62.1 Å². The lowest BCUT2D eigenvalue weighted by Gasteiger charge is -2.34. The van der Waals surface area contributed by atoms with Crippen LogP contribution in [0.2, 0.25) is 0 Å². The normalized spacial score (nSPS) is 17.9. The van der Waals surface area contributed by atoms with Gasteiger partial charge in [-0.1, -0.05) is 0 Å². The number of rotatable bonds is 4. The zero-order chi connectivity index (χ0) is 18.6. The Morgan fingerprint density at radius 3 is 2.11 bits per heavy atom. The highest BCUT2D eigenvalue weighted by molar-refractivity contribution is 5.95. The first-order chi connectivity index (χ1) is 13.2. The maximum Gasteiger partial charge on any atom is 0.289 e. The molecule has 2 aromatic rings. The fourth-order valence-corrected chi connectivity index (χ4v) is 3.73. The van der Waals surface area contributed by atoms with Crippen molar-refractivity contribution in [2.45, 2.75) is 31.8 Å². The molecule has 1 saturated carbocycles. The smallest absolute Gasteiger partial charge is 0.289 e. The van der Waals surface area contributed by atoms with E-state index in [1.807, 2.05) is 24.3 Å². The van der Waals surface area contributed by atoms with E-state index in [-0.39, 0.29) is 11.8 Å². The third-order valence-corrected chi connectivity index (χ3v) is 5.29. The van der Waals surface area contributed by atoms with Gasteiger partial charge in [-0.25, -0.2) is 0 Å². The Morgan fingerprint density at radius 1 is 0.889 bits per heavy atom. The molecule has 1 aromatic heterocycles. The van der Waals surface area contributed by atoms with Crippen LogP contribution < -0.4 is 4.74 Å². The summed E-state index contributed by atoms with van der Waals surface area (Å²) < 4.78 is 11.1. The fraction of sp³-hybridized carbons (Fsp3) is 0.429. The van der Waals surface area contributed by atoms with E-state index >= 15 is 0 Å². The standard InChI is InChI=1S/C21H24N2O4/c24-20(16-7-9-18(10-8-16)27-17-4-1-2-5-17)22-11-13-23(14-12-22)21(25)19-6-3-15-26-19/h3,6-10,15,17H,1-2,4-5,11-14H2. The average Bonchev–Trinajstić information content (AvgIpc) is 3.42. The second-order valence-corrected chi connectivity index (χ2v) is 7.11. The quantitative estimate of drug-likeness (QED) is 0.831. The van der Waals surface area contributed by atoms with Gasteiger partial charge in [-0.15, -0.1) is 0 Å². The molecule has 1 aliphatic carbocycles. The number of carbonyl (C=O) groups excluding carboxylic acids is 2. The van der Waals surface area contributed by atoms with Crippen molar-refractivity contribution in [3.8, 4) is 5.75 Å². The molecule has 1 aliphatic heterocycles. The Morgan fingerprint density at radius 2 is 1.52 bits per heavy atom. The van der Waals surface area contributed by atoms with Crippen LogP contribution in [-0.2, 0) is 0 Å². The van der Waals surface area contributed by atoms with Gasteiger partial charge >= 0.3 is 0 Å². The highest BCUT2D eigenvalue weighted by Crippen LogP contribution is 2.24. The Labute approximate surface area is 158 Å². The van der Waals surface area contributed by atoms with Gasteiger partial charge in [0.25, 0.3) is 11.8 Å². The molecule has 0 bridgehead atoms. The predicted molar refractivity (Wildman–Crippen MR) is 99.8 cm³/mol. The topological polar surface area (TPSA) is 63.0 Å². The minimum Gasteiger partial charge on any atom is -0.490 e. The van der Waals surface area contributed by atoms with Crippen LogP contribution in [-0.4, -0.2) is 53.9 Å². The van der Waals surface area contributed by atoms with Crippen molar-refractivity contribution in [1.82, 2.24) is 9.80 Å². The average molecular weight is 368 g/mol. The SMILES string of the molecule is O=C(c1ccc(OC2CCCC2)cc1)N1CCN(C(=O)c2ccco2)CC1. The first kappa shape index (κ1) is 17.6. The lowest BCUT2D eigenvalue weighted by molar-refractivity contribution is 0.0518. The number of hydrogen-bond acceptors (Lipinski definition) is 4. The van der Waals surface area contributed by atoms with Gasteiger partial charge in [0, 0.05) is 31.7 Å². The maximum atomic E-state index is 12.7. The first-order valence-electron chi connectivity index (χ1n) is 9.59. The fourth-order valence-electron chi connectivity index (χ4n) is 3.73. The molecular formula is C21H24N2O4. The van der Waals surface area contributed by atoms with Crippen molar-refractivity contribution in [2.24, 2.45) is 0 Å². The number of ether oxygens (including phenoxy) is 1. The van der Waals surface area contributed by atoms with Crippen LogP contribution in [0.25, 0.3) is 0 Å². The number of nitrogens with zero attached hydrogens (tertiary/aromatic N) is 2.